The predicted molar refractivity (Wildman–Crippen MR) is 110 cm³/mol. The van der Waals surface area contributed by atoms with E-state index in [1.165, 1.54) is 4.90 Å². The number of hydrogen-bond acceptors (Lipinski definition) is 5. The van der Waals surface area contributed by atoms with E-state index in [9.17, 15) is 14.4 Å². The highest BCUT2D eigenvalue weighted by Gasteiger charge is 2.70. The molecule has 0 unspecified atom stereocenters. The molecule has 0 bridgehead atoms. The van der Waals surface area contributed by atoms with Crippen LogP contribution in [0.15, 0.2) is 18.2 Å². The maximum absolute atomic E-state index is 13.5. The molecule has 4 rings (SSSR count). The van der Waals surface area contributed by atoms with E-state index < -0.39 is 17.4 Å². The molecule has 1 aromatic rings. The predicted octanol–water partition coefficient (Wildman–Crippen LogP) is 2.61. The van der Waals surface area contributed by atoms with Crippen LogP contribution in [0.2, 0.25) is 5.02 Å². The van der Waals surface area contributed by atoms with E-state index in [0.717, 1.165) is 5.75 Å². The number of nitrogens with one attached hydrogen (secondary N) is 2. The van der Waals surface area contributed by atoms with Gasteiger partial charge in [0.05, 0.1) is 11.8 Å². The molecule has 0 saturated carbocycles. The van der Waals surface area contributed by atoms with Crippen LogP contribution in [0.4, 0.5) is 5.69 Å². The third-order valence-electron chi connectivity index (χ3n) is 6.38. The summed E-state index contributed by atoms with van der Waals surface area (Å²) in [5.41, 5.74) is 0.0651. The standard InChI is InChI=1S/C20H24ClN3O3S/c1-4-10(2)24-17(25)15-14(7-8-28-3)23-20(16(15)18(24)26)12-9-11(21)5-6-13(12)22-19(20)27/h5-6,9-10,14-16,23H,4,7-8H2,1-3H3,(H,22,27)/t10-,14-,15+,16-,20-/m0/s1. The fourth-order valence-electron chi connectivity index (χ4n) is 4.91. The number of likely N-dealkylation sites (tertiary alicyclic amines) is 1. The Morgan fingerprint density at radius 2 is 2.04 bits per heavy atom. The van der Waals surface area contributed by atoms with Crippen molar-refractivity contribution in [2.24, 2.45) is 11.8 Å². The van der Waals surface area contributed by atoms with Gasteiger partial charge in [0.1, 0.15) is 5.54 Å². The number of rotatable bonds is 5. The van der Waals surface area contributed by atoms with Gasteiger partial charge in [0.15, 0.2) is 0 Å². The SMILES string of the molecule is CC[C@H](C)N1C(=O)[C@@H]2[C@H](CCSC)N[C@]3(C(=O)Nc4ccc(Cl)cc43)[C@@H]2C1=O. The number of hydrogen-bond donors (Lipinski definition) is 2. The van der Waals surface area contributed by atoms with Crippen molar-refractivity contribution in [2.45, 2.75) is 44.3 Å². The molecule has 8 heteroatoms. The van der Waals surface area contributed by atoms with Crippen molar-refractivity contribution in [3.05, 3.63) is 28.8 Å². The first-order valence-electron chi connectivity index (χ1n) is 9.61. The molecule has 2 saturated heterocycles. The Kier molecular flexibility index (Phi) is 4.96. The fourth-order valence-corrected chi connectivity index (χ4v) is 5.57. The van der Waals surface area contributed by atoms with Crippen LogP contribution in [0, 0.1) is 11.8 Å². The molecule has 3 aliphatic rings. The zero-order chi connectivity index (χ0) is 20.2. The Labute approximate surface area is 173 Å². The van der Waals surface area contributed by atoms with Crippen LogP contribution in [0.5, 0.6) is 0 Å². The van der Waals surface area contributed by atoms with Crippen LogP contribution in [0.25, 0.3) is 0 Å². The van der Waals surface area contributed by atoms with Gasteiger partial charge in [0.25, 0.3) is 0 Å². The van der Waals surface area contributed by atoms with E-state index in [1.54, 1.807) is 30.0 Å². The zero-order valence-electron chi connectivity index (χ0n) is 16.1. The van der Waals surface area contributed by atoms with E-state index in [2.05, 4.69) is 10.6 Å². The zero-order valence-corrected chi connectivity index (χ0v) is 17.7. The van der Waals surface area contributed by atoms with Gasteiger partial charge in [0.2, 0.25) is 17.7 Å². The molecule has 5 atom stereocenters. The average Bonchev–Trinajstić information content (AvgIpc) is 3.25. The largest absolute Gasteiger partial charge is 0.324 e. The molecular weight excluding hydrogens is 398 g/mol. The molecule has 1 aromatic carbocycles. The van der Waals surface area contributed by atoms with Gasteiger partial charge in [-0.15, -0.1) is 0 Å². The van der Waals surface area contributed by atoms with Crippen molar-refractivity contribution in [1.29, 1.82) is 0 Å². The summed E-state index contributed by atoms with van der Waals surface area (Å²) in [6.45, 7) is 3.84. The molecule has 3 aliphatic heterocycles. The maximum Gasteiger partial charge on any atom is 0.250 e. The molecule has 0 aliphatic carbocycles. The Morgan fingerprint density at radius 3 is 2.71 bits per heavy atom. The van der Waals surface area contributed by atoms with Crippen LogP contribution in [0.1, 0.15) is 32.3 Å². The number of carbonyl (C=O) groups is 3. The highest BCUT2D eigenvalue weighted by molar-refractivity contribution is 7.98. The Morgan fingerprint density at radius 1 is 1.29 bits per heavy atom. The van der Waals surface area contributed by atoms with Crippen LogP contribution < -0.4 is 10.6 Å². The molecule has 3 heterocycles. The Balaban J connectivity index is 1.86. The summed E-state index contributed by atoms with van der Waals surface area (Å²) in [7, 11) is 0. The molecule has 0 radical (unpaired) electrons. The van der Waals surface area contributed by atoms with E-state index >= 15 is 0 Å². The van der Waals surface area contributed by atoms with Crippen molar-refractivity contribution in [3.63, 3.8) is 0 Å². The molecule has 2 fully saturated rings. The number of benzene rings is 1. The second kappa shape index (κ2) is 7.04. The second-order valence-corrected chi connectivity index (χ2v) is 9.21. The first-order chi connectivity index (χ1) is 13.4. The molecular formula is C20H24ClN3O3S. The van der Waals surface area contributed by atoms with Gasteiger partial charge < -0.3 is 5.32 Å². The van der Waals surface area contributed by atoms with Crippen LogP contribution in [-0.2, 0) is 19.9 Å². The highest BCUT2D eigenvalue weighted by Crippen LogP contribution is 2.54. The lowest BCUT2D eigenvalue weighted by Crippen LogP contribution is -2.54. The second-order valence-electron chi connectivity index (χ2n) is 7.79. The first-order valence-corrected chi connectivity index (χ1v) is 11.4. The van der Waals surface area contributed by atoms with Gasteiger partial charge in [0, 0.05) is 28.4 Å². The van der Waals surface area contributed by atoms with Crippen molar-refractivity contribution in [3.8, 4) is 0 Å². The van der Waals surface area contributed by atoms with E-state index in [1.807, 2.05) is 20.1 Å². The number of thioether (sulfide) groups is 1. The number of amides is 3. The number of imide groups is 1. The van der Waals surface area contributed by atoms with Gasteiger partial charge >= 0.3 is 0 Å². The van der Waals surface area contributed by atoms with Crippen LogP contribution in [-0.4, -0.2) is 46.7 Å². The van der Waals surface area contributed by atoms with Crippen molar-refractivity contribution in [1.82, 2.24) is 10.2 Å². The third kappa shape index (κ3) is 2.56. The lowest BCUT2D eigenvalue weighted by atomic mass is 9.76. The number of halogens is 1. The summed E-state index contributed by atoms with van der Waals surface area (Å²) in [5.74, 6) is -1.15. The highest BCUT2D eigenvalue weighted by atomic mass is 35.5. The van der Waals surface area contributed by atoms with Gasteiger partial charge in [-0.25, -0.2) is 0 Å². The minimum Gasteiger partial charge on any atom is -0.324 e. The molecule has 28 heavy (non-hydrogen) atoms. The number of anilines is 1. The number of nitrogens with zero attached hydrogens (tertiary/aromatic N) is 1. The summed E-state index contributed by atoms with van der Waals surface area (Å²) in [6, 6.07) is 4.78. The monoisotopic (exact) mass is 421 g/mol. The fraction of sp³-hybridized carbons (Fsp3) is 0.550. The summed E-state index contributed by atoms with van der Waals surface area (Å²) >= 11 is 7.91. The molecule has 0 aromatic heterocycles. The van der Waals surface area contributed by atoms with Crippen LogP contribution in [0.3, 0.4) is 0 Å². The topological polar surface area (TPSA) is 78.5 Å². The first kappa shape index (κ1) is 19.7. The van der Waals surface area contributed by atoms with E-state index in [-0.39, 0.29) is 29.8 Å². The Hall–Kier alpha value is -1.57. The molecule has 6 nitrogen and oxygen atoms in total. The third-order valence-corrected chi connectivity index (χ3v) is 7.25. The summed E-state index contributed by atoms with van der Waals surface area (Å²) in [6.07, 6.45) is 3.40. The van der Waals surface area contributed by atoms with Gasteiger partial charge in [-0.2, -0.15) is 11.8 Å². The molecule has 2 N–H and O–H groups in total. The number of fused-ring (bicyclic) bond motifs is 4. The normalized spacial score (nSPS) is 32.1. The van der Waals surface area contributed by atoms with E-state index in [0.29, 0.717) is 29.1 Å². The van der Waals surface area contributed by atoms with Gasteiger partial charge in [-0.1, -0.05) is 18.5 Å². The maximum atomic E-state index is 13.5. The molecule has 1 spiro atoms. The smallest absolute Gasteiger partial charge is 0.250 e. The lowest BCUT2D eigenvalue weighted by molar-refractivity contribution is -0.145. The average molecular weight is 422 g/mol. The Bertz CT molecular complexity index is 863. The van der Waals surface area contributed by atoms with Gasteiger partial charge in [-0.3, -0.25) is 24.6 Å². The molecule has 3 amide bonds. The minimum absolute atomic E-state index is 0.164. The van der Waals surface area contributed by atoms with Crippen LogP contribution >= 0.6 is 23.4 Å². The van der Waals surface area contributed by atoms with Crippen molar-refractivity contribution >= 4 is 46.8 Å². The quantitative estimate of drug-likeness (QED) is 0.714. The van der Waals surface area contributed by atoms with Gasteiger partial charge in [-0.05, 0) is 50.0 Å². The minimum atomic E-state index is -1.25. The summed E-state index contributed by atoms with van der Waals surface area (Å²) in [5, 5.41) is 6.81. The van der Waals surface area contributed by atoms with Crippen molar-refractivity contribution in [2.75, 3.05) is 17.3 Å². The lowest BCUT2D eigenvalue weighted by Gasteiger charge is -2.31. The van der Waals surface area contributed by atoms with E-state index in [4.69, 9.17) is 11.6 Å². The summed E-state index contributed by atoms with van der Waals surface area (Å²) < 4.78 is 0. The number of carbonyl (C=O) groups excluding carboxylic acids is 3. The van der Waals surface area contributed by atoms with Crippen molar-refractivity contribution < 1.29 is 14.4 Å². The molecule has 150 valence electrons. The summed E-state index contributed by atoms with van der Waals surface area (Å²) in [4.78, 5) is 41.4.